The molecule has 0 spiro atoms. The van der Waals surface area contributed by atoms with E-state index in [1.165, 1.54) is 30.5 Å². The van der Waals surface area contributed by atoms with Crippen molar-refractivity contribution in [3.8, 4) is 0 Å². The van der Waals surface area contributed by atoms with E-state index in [0.717, 1.165) is 31.4 Å². The predicted molar refractivity (Wildman–Crippen MR) is 114 cm³/mol. The Morgan fingerprint density at radius 2 is 1.61 bits per heavy atom. The summed E-state index contributed by atoms with van der Waals surface area (Å²) >= 11 is 0. The van der Waals surface area contributed by atoms with Gasteiger partial charge in [-0.25, -0.2) is 0 Å². The van der Waals surface area contributed by atoms with Crippen molar-refractivity contribution in [3.63, 3.8) is 0 Å². The van der Waals surface area contributed by atoms with Crippen molar-refractivity contribution in [1.82, 2.24) is 0 Å². The van der Waals surface area contributed by atoms with Gasteiger partial charge in [0, 0.05) is 17.5 Å². The Balaban J connectivity index is 1.57. The number of nitrogens with zero attached hydrogens (tertiary/aromatic N) is 1. The van der Waals surface area contributed by atoms with Gasteiger partial charge in [-0.05, 0) is 55.2 Å². The van der Waals surface area contributed by atoms with Crippen LogP contribution in [0.1, 0.15) is 56.4 Å². The summed E-state index contributed by atoms with van der Waals surface area (Å²) in [7, 11) is 0. The van der Waals surface area contributed by atoms with Crippen LogP contribution in [0.4, 0.5) is 5.69 Å². The third kappa shape index (κ3) is 2.97. The second kappa shape index (κ2) is 7.36. The van der Waals surface area contributed by atoms with Crippen molar-refractivity contribution in [2.24, 2.45) is 22.9 Å². The highest BCUT2D eigenvalue weighted by molar-refractivity contribution is 5.93. The lowest BCUT2D eigenvalue weighted by molar-refractivity contribution is -0.110. The van der Waals surface area contributed by atoms with Crippen LogP contribution in [0.2, 0.25) is 0 Å². The molecular weight excluding hydrogens is 344 g/mol. The summed E-state index contributed by atoms with van der Waals surface area (Å²) in [5.74, 6) is 1.36. The molecule has 0 unspecified atom stereocenters. The van der Waals surface area contributed by atoms with Crippen LogP contribution < -0.4 is 5.43 Å². The van der Waals surface area contributed by atoms with Gasteiger partial charge in [0.25, 0.3) is 0 Å². The van der Waals surface area contributed by atoms with Gasteiger partial charge in [-0.2, -0.15) is 5.10 Å². The first kappa shape index (κ1) is 17.9. The highest BCUT2D eigenvalue weighted by Crippen LogP contribution is 2.58. The van der Waals surface area contributed by atoms with E-state index in [0.29, 0.717) is 17.8 Å². The maximum atomic E-state index is 12.0. The van der Waals surface area contributed by atoms with Crippen molar-refractivity contribution in [3.05, 3.63) is 66.2 Å². The molecule has 2 aromatic carbocycles. The van der Waals surface area contributed by atoms with Crippen LogP contribution in [0.15, 0.2) is 65.8 Å². The number of hydrogen-bond donors (Lipinski definition) is 2. The summed E-state index contributed by atoms with van der Waals surface area (Å²) in [6.07, 6.45) is 7.88. The average molecular weight is 375 g/mol. The first-order valence-corrected chi connectivity index (χ1v) is 10.9. The Morgan fingerprint density at radius 3 is 2.39 bits per heavy atom. The van der Waals surface area contributed by atoms with Crippen molar-refractivity contribution < 1.29 is 5.11 Å². The Labute approximate surface area is 167 Å². The minimum Gasteiger partial charge on any atom is -0.389 e. The van der Waals surface area contributed by atoms with Crippen LogP contribution in [0.5, 0.6) is 0 Å². The first-order chi connectivity index (χ1) is 13.8. The van der Waals surface area contributed by atoms with E-state index in [1.807, 2.05) is 18.2 Å². The summed E-state index contributed by atoms with van der Waals surface area (Å²) in [4.78, 5) is 0. The number of aliphatic hydroxyl groups is 1. The largest absolute Gasteiger partial charge is 0.389 e. The van der Waals surface area contributed by atoms with E-state index in [4.69, 9.17) is 5.10 Å². The zero-order valence-electron chi connectivity index (χ0n) is 16.4. The molecule has 3 fully saturated rings. The molecule has 5 rings (SSSR count). The molecule has 0 aromatic heterocycles. The van der Waals surface area contributed by atoms with Crippen LogP contribution in [-0.4, -0.2) is 16.4 Å². The highest BCUT2D eigenvalue weighted by Gasteiger charge is 2.58. The van der Waals surface area contributed by atoms with Gasteiger partial charge in [0.05, 0.1) is 11.3 Å². The Morgan fingerprint density at radius 1 is 0.857 bits per heavy atom. The molecule has 28 heavy (non-hydrogen) atoms. The van der Waals surface area contributed by atoms with Crippen molar-refractivity contribution in [1.29, 1.82) is 0 Å². The smallest absolute Gasteiger partial charge is 0.0762 e. The Bertz CT molecular complexity index is 834. The number of nitrogens with one attached hydrogen (secondary N) is 1. The van der Waals surface area contributed by atoms with Gasteiger partial charge in [-0.15, -0.1) is 0 Å². The lowest BCUT2D eigenvalue weighted by atomic mass is 9.49. The van der Waals surface area contributed by atoms with Gasteiger partial charge in [0.15, 0.2) is 0 Å². The van der Waals surface area contributed by atoms with Crippen LogP contribution in [0.25, 0.3) is 0 Å². The van der Waals surface area contributed by atoms with E-state index in [2.05, 4.69) is 47.9 Å². The molecule has 0 radical (unpaired) electrons. The molecule has 0 aliphatic heterocycles. The van der Waals surface area contributed by atoms with Gasteiger partial charge < -0.3 is 5.11 Å². The monoisotopic (exact) mass is 374 g/mol. The molecule has 0 saturated heterocycles. The summed E-state index contributed by atoms with van der Waals surface area (Å²) in [6.45, 7) is 0. The summed E-state index contributed by atoms with van der Waals surface area (Å²) in [6, 6.07) is 21.1. The van der Waals surface area contributed by atoms with Crippen LogP contribution >= 0.6 is 0 Å². The predicted octanol–water partition coefficient (Wildman–Crippen LogP) is 5.59. The Kier molecular flexibility index (Phi) is 4.72. The average Bonchev–Trinajstić information content (AvgIpc) is 2.75. The number of hydrogen-bond acceptors (Lipinski definition) is 3. The molecule has 0 heterocycles. The maximum Gasteiger partial charge on any atom is 0.0762 e. The van der Waals surface area contributed by atoms with E-state index >= 15 is 0 Å². The quantitative estimate of drug-likeness (QED) is 0.688. The molecule has 3 saturated carbocycles. The maximum absolute atomic E-state index is 12.0. The highest BCUT2D eigenvalue weighted by atomic mass is 16.3. The normalized spacial score (nSPS) is 36.0. The summed E-state index contributed by atoms with van der Waals surface area (Å²) in [5.41, 5.74) is 6.31. The van der Waals surface area contributed by atoms with Crippen molar-refractivity contribution >= 4 is 11.4 Å². The standard InChI is InChI=1S/C25H30N2O/c28-25-17-8-7-15-21(25)23(18-10-3-1-4-11-18)20-14-9-16-22(25)24(20)27-26-19-12-5-2-6-13-19/h1-6,10-13,20-23,26,28H,7-9,14-17H2/b27-24-/t20-,21-,22+,23+,25+/m1/s1. The molecule has 2 N–H and O–H groups in total. The van der Waals surface area contributed by atoms with E-state index in [-0.39, 0.29) is 5.92 Å². The molecule has 3 heteroatoms. The van der Waals surface area contributed by atoms with Gasteiger partial charge in [0.2, 0.25) is 0 Å². The molecule has 5 atom stereocenters. The third-order valence-electron chi connectivity index (χ3n) is 7.47. The van der Waals surface area contributed by atoms with Crippen LogP contribution in [-0.2, 0) is 0 Å². The summed E-state index contributed by atoms with van der Waals surface area (Å²) in [5, 5.41) is 16.9. The molecule has 0 amide bonds. The fourth-order valence-corrected chi connectivity index (χ4v) is 6.32. The second-order valence-electron chi connectivity index (χ2n) is 8.88. The van der Waals surface area contributed by atoms with E-state index < -0.39 is 5.60 Å². The van der Waals surface area contributed by atoms with Crippen molar-refractivity contribution in [2.45, 2.75) is 56.5 Å². The first-order valence-electron chi connectivity index (χ1n) is 10.9. The molecule has 146 valence electrons. The molecule has 3 aliphatic carbocycles. The molecule has 2 aromatic rings. The Hall–Kier alpha value is -2.13. The number of benzene rings is 2. The number of anilines is 1. The van der Waals surface area contributed by atoms with Gasteiger partial charge >= 0.3 is 0 Å². The number of fused-ring (bicyclic) bond motifs is 4. The van der Waals surface area contributed by atoms with Crippen LogP contribution in [0.3, 0.4) is 0 Å². The third-order valence-corrected chi connectivity index (χ3v) is 7.47. The number of hydrazone groups is 1. The van der Waals surface area contributed by atoms with E-state index in [1.54, 1.807) is 0 Å². The second-order valence-corrected chi connectivity index (χ2v) is 8.88. The van der Waals surface area contributed by atoms with Gasteiger partial charge in [-0.1, -0.05) is 67.8 Å². The molecular formula is C25H30N2O. The topological polar surface area (TPSA) is 44.6 Å². The zero-order valence-corrected chi connectivity index (χ0v) is 16.4. The number of rotatable bonds is 3. The lowest BCUT2D eigenvalue weighted by Crippen LogP contribution is -2.60. The van der Waals surface area contributed by atoms with Gasteiger partial charge in [0.1, 0.15) is 0 Å². The SMILES string of the molecule is O[C@@]12CCCC[C@@H]1[C@@H](c1ccccc1)[C@H]1CCC[C@H]2/C1=N\Nc1ccccc1. The number of para-hydroxylation sites is 1. The van der Waals surface area contributed by atoms with Crippen molar-refractivity contribution in [2.75, 3.05) is 5.43 Å². The fraction of sp³-hybridized carbons (Fsp3) is 0.480. The summed E-state index contributed by atoms with van der Waals surface area (Å²) < 4.78 is 0. The molecule has 3 aliphatic rings. The van der Waals surface area contributed by atoms with E-state index in [9.17, 15) is 5.11 Å². The molecule has 2 bridgehead atoms. The van der Waals surface area contributed by atoms with Crippen LogP contribution in [0, 0.1) is 17.8 Å². The fourth-order valence-electron chi connectivity index (χ4n) is 6.32. The van der Waals surface area contributed by atoms with Gasteiger partial charge in [-0.3, -0.25) is 5.43 Å². The lowest BCUT2D eigenvalue weighted by Gasteiger charge is -2.57. The minimum absolute atomic E-state index is 0.202. The minimum atomic E-state index is -0.604. The zero-order chi connectivity index (χ0) is 19.0. The molecule has 3 nitrogen and oxygen atoms in total.